The van der Waals surface area contributed by atoms with Gasteiger partial charge in [-0.2, -0.15) is 0 Å². The first-order chi connectivity index (χ1) is 17.6. The Hall–Kier alpha value is -3.25. The standard InChI is InChI=1S/C30H31BrN2O3/c31-26-19-12-11-18-25(26)28(22-14-6-5-7-15-22)32-27(34)20-8-3-1-2-4-13-21-33-29(35)23-16-9-10-17-24(23)30(33)36/h5-7,9-12,14-19,28H,1-4,8,13,20-21H2,(H,32,34)/t28-/m0/s1. The van der Waals surface area contributed by atoms with Gasteiger partial charge in [-0.25, -0.2) is 0 Å². The lowest BCUT2D eigenvalue weighted by molar-refractivity contribution is -0.121. The van der Waals surface area contributed by atoms with Gasteiger partial charge in [0.15, 0.2) is 0 Å². The van der Waals surface area contributed by atoms with Gasteiger partial charge in [0.1, 0.15) is 0 Å². The molecule has 186 valence electrons. The van der Waals surface area contributed by atoms with Crippen LogP contribution >= 0.6 is 15.9 Å². The smallest absolute Gasteiger partial charge is 0.261 e. The number of rotatable bonds is 12. The summed E-state index contributed by atoms with van der Waals surface area (Å²) >= 11 is 3.62. The molecule has 4 rings (SSSR count). The molecule has 0 radical (unpaired) electrons. The first kappa shape index (κ1) is 25.8. The highest BCUT2D eigenvalue weighted by Crippen LogP contribution is 2.29. The maximum Gasteiger partial charge on any atom is 0.261 e. The predicted octanol–water partition coefficient (Wildman–Crippen LogP) is 6.68. The number of benzene rings is 3. The first-order valence-corrected chi connectivity index (χ1v) is 13.4. The molecule has 3 aromatic carbocycles. The normalized spacial score (nSPS) is 13.5. The summed E-state index contributed by atoms with van der Waals surface area (Å²) in [5.41, 5.74) is 3.11. The molecular weight excluding hydrogens is 516 g/mol. The van der Waals surface area contributed by atoms with Gasteiger partial charge in [0.05, 0.1) is 17.2 Å². The minimum absolute atomic E-state index is 0.0465. The topological polar surface area (TPSA) is 66.5 Å². The average Bonchev–Trinajstić information content (AvgIpc) is 3.14. The van der Waals surface area contributed by atoms with Crippen LogP contribution in [0.4, 0.5) is 0 Å². The molecule has 0 spiro atoms. The third-order valence-electron chi connectivity index (χ3n) is 6.57. The summed E-state index contributed by atoms with van der Waals surface area (Å²) in [7, 11) is 0. The molecule has 5 nitrogen and oxygen atoms in total. The number of hydrogen-bond donors (Lipinski definition) is 1. The molecule has 36 heavy (non-hydrogen) atoms. The van der Waals surface area contributed by atoms with Crippen LogP contribution in [0.2, 0.25) is 0 Å². The lowest BCUT2D eigenvalue weighted by Gasteiger charge is -2.21. The van der Waals surface area contributed by atoms with Crippen molar-refractivity contribution in [2.75, 3.05) is 6.54 Å². The number of carbonyl (C=O) groups is 3. The Morgan fingerprint density at radius 3 is 1.94 bits per heavy atom. The van der Waals surface area contributed by atoms with E-state index >= 15 is 0 Å². The zero-order valence-corrected chi connectivity index (χ0v) is 21.9. The van der Waals surface area contributed by atoms with Crippen molar-refractivity contribution in [2.24, 2.45) is 0 Å². The molecule has 6 heteroatoms. The lowest BCUT2D eigenvalue weighted by Crippen LogP contribution is -2.30. The van der Waals surface area contributed by atoms with Gasteiger partial charge in [0.2, 0.25) is 5.91 Å². The summed E-state index contributed by atoms with van der Waals surface area (Å²) in [5.74, 6) is -0.318. The Morgan fingerprint density at radius 2 is 1.28 bits per heavy atom. The van der Waals surface area contributed by atoms with Crippen LogP contribution in [0.5, 0.6) is 0 Å². The molecule has 0 aliphatic carbocycles. The SMILES string of the molecule is O=C(CCCCCCCCN1C(=O)c2ccccc2C1=O)N[C@@H](c1ccccc1)c1ccccc1Br. The molecule has 0 fully saturated rings. The highest BCUT2D eigenvalue weighted by Gasteiger charge is 2.34. The van der Waals surface area contributed by atoms with E-state index < -0.39 is 0 Å². The minimum atomic E-state index is -0.198. The summed E-state index contributed by atoms with van der Waals surface area (Å²) in [6, 6.07) is 24.8. The van der Waals surface area contributed by atoms with Crippen molar-refractivity contribution in [3.63, 3.8) is 0 Å². The fourth-order valence-corrected chi connectivity index (χ4v) is 5.15. The van der Waals surface area contributed by atoms with Crippen molar-refractivity contribution in [1.82, 2.24) is 10.2 Å². The second-order valence-corrected chi connectivity index (χ2v) is 9.97. The summed E-state index contributed by atoms with van der Waals surface area (Å²) in [5, 5.41) is 3.21. The van der Waals surface area contributed by atoms with Crippen LogP contribution in [-0.4, -0.2) is 29.2 Å². The van der Waals surface area contributed by atoms with Crippen LogP contribution in [0, 0.1) is 0 Å². The Bertz CT molecular complexity index is 1180. The van der Waals surface area contributed by atoms with E-state index in [2.05, 4.69) is 21.2 Å². The summed E-state index contributed by atoms with van der Waals surface area (Å²) in [6.07, 6.45) is 6.11. The molecule has 1 N–H and O–H groups in total. The van der Waals surface area contributed by atoms with Gasteiger partial charge >= 0.3 is 0 Å². The van der Waals surface area contributed by atoms with Crippen LogP contribution in [0.3, 0.4) is 0 Å². The summed E-state index contributed by atoms with van der Waals surface area (Å²) < 4.78 is 0.973. The largest absolute Gasteiger partial charge is 0.345 e. The van der Waals surface area contributed by atoms with Crippen molar-refractivity contribution in [3.8, 4) is 0 Å². The van der Waals surface area contributed by atoms with Crippen LogP contribution in [0.15, 0.2) is 83.3 Å². The minimum Gasteiger partial charge on any atom is -0.345 e. The molecule has 0 saturated carbocycles. The molecule has 1 aliphatic rings. The Labute approximate surface area is 221 Å². The number of amides is 3. The zero-order valence-electron chi connectivity index (χ0n) is 20.3. The van der Waals surface area contributed by atoms with Crippen molar-refractivity contribution in [1.29, 1.82) is 0 Å². The van der Waals surface area contributed by atoms with Gasteiger partial charge in [-0.05, 0) is 42.2 Å². The van der Waals surface area contributed by atoms with E-state index in [4.69, 9.17) is 0 Å². The molecule has 0 aromatic heterocycles. The van der Waals surface area contributed by atoms with Gasteiger partial charge in [0.25, 0.3) is 11.8 Å². The van der Waals surface area contributed by atoms with Crippen molar-refractivity contribution in [3.05, 3.63) is 106 Å². The lowest BCUT2D eigenvalue weighted by atomic mass is 9.98. The average molecular weight is 547 g/mol. The van der Waals surface area contributed by atoms with E-state index in [-0.39, 0.29) is 23.8 Å². The molecule has 1 atom stereocenters. The number of carbonyl (C=O) groups excluding carboxylic acids is 3. The van der Waals surface area contributed by atoms with Crippen LogP contribution in [0.25, 0.3) is 0 Å². The Kier molecular flexibility index (Phi) is 9.06. The van der Waals surface area contributed by atoms with Crippen LogP contribution in [0.1, 0.15) is 82.8 Å². The molecule has 1 heterocycles. The van der Waals surface area contributed by atoms with Crippen LogP contribution < -0.4 is 5.32 Å². The van der Waals surface area contributed by atoms with Crippen molar-refractivity contribution in [2.45, 2.75) is 51.0 Å². The maximum atomic E-state index is 12.8. The molecule has 1 aliphatic heterocycles. The molecule has 0 bridgehead atoms. The third-order valence-corrected chi connectivity index (χ3v) is 7.29. The van der Waals surface area contributed by atoms with Gasteiger partial charge in [-0.1, -0.05) is 102 Å². The van der Waals surface area contributed by atoms with Crippen molar-refractivity contribution >= 4 is 33.7 Å². The predicted molar refractivity (Wildman–Crippen MR) is 145 cm³/mol. The van der Waals surface area contributed by atoms with E-state index in [9.17, 15) is 14.4 Å². The van der Waals surface area contributed by atoms with Crippen LogP contribution in [-0.2, 0) is 4.79 Å². The highest BCUT2D eigenvalue weighted by molar-refractivity contribution is 9.10. The Balaban J connectivity index is 1.15. The second-order valence-electron chi connectivity index (χ2n) is 9.11. The number of fused-ring (bicyclic) bond motifs is 1. The van der Waals surface area contributed by atoms with Gasteiger partial charge in [-0.15, -0.1) is 0 Å². The second kappa shape index (κ2) is 12.6. The van der Waals surface area contributed by atoms with E-state index in [1.165, 1.54) is 4.90 Å². The van der Waals surface area contributed by atoms with E-state index in [0.717, 1.165) is 54.1 Å². The van der Waals surface area contributed by atoms with E-state index in [1.54, 1.807) is 24.3 Å². The van der Waals surface area contributed by atoms with Gasteiger partial charge in [-0.3, -0.25) is 19.3 Å². The summed E-state index contributed by atoms with van der Waals surface area (Å²) in [6.45, 7) is 0.463. The molecular formula is C30H31BrN2O3. The summed E-state index contributed by atoms with van der Waals surface area (Å²) in [4.78, 5) is 39.0. The molecule has 3 amide bonds. The monoisotopic (exact) mass is 546 g/mol. The number of hydrogen-bond acceptors (Lipinski definition) is 3. The molecule has 0 unspecified atom stereocenters. The number of unbranched alkanes of at least 4 members (excludes halogenated alkanes) is 5. The Morgan fingerprint density at radius 1 is 0.722 bits per heavy atom. The maximum absolute atomic E-state index is 12.8. The fraction of sp³-hybridized carbons (Fsp3) is 0.300. The number of imide groups is 1. The molecule has 3 aromatic rings. The fourth-order valence-electron chi connectivity index (χ4n) is 4.63. The highest BCUT2D eigenvalue weighted by atomic mass is 79.9. The quantitative estimate of drug-likeness (QED) is 0.203. The zero-order chi connectivity index (χ0) is 25.3. The molecule has 0 saturated heterocycles. The van der Waals surface area contributed by atoms with Crippen molar-refractivity contribution < 1.29 is 14.4 Å². The number of halogens is 1. The van der Waals surface area contributed by atoms with Gasteiger partial charge < -0.3 is 5.32 Å². The third kappa shape index (κ3) is 6.30. The van der Waals surface area contributed by atoms with E-state index in [1.807, 2.05) is 54.6 Å². The first-order valence-electron chi connectivity index (χ1n) is 12.6. The van der Waals surface area contributed by atoms with Gasteiger partial charge in [0, 0.05) is 17.4 Å². The number of nitrogens with one attached hydrogen (secondary N) is 1. The number of nitrogens with zero attached hydrogens (tertiary/aromatic N) is 1. The van der Waals surface area contributed by atoms with E-state index in [0.29, 0.717) is 24.1 Å².